The van der Waals surface area contributed by atoms with Crippen LogP contribution >= 0.6 is 31.9 Å². The molecular formula is C15H16Br2N2O. The minimum absolute atomic E-state index is 0.643. The number of rotatable bonds is 5. The second-order valence-electron chi connectivity index (χ2n) is 4.43. The summed E-state index contributed by atoms with van der Waals surface area (Å²) in [5.41, 5.74) is 3.32. The number of nitrogens with zero attached hydrogens (tertiary/aromatic N) is 1. The first-order valence-corrected chi connectivity index (χ1v) is 7.95. The number of halogens is 2. The highest BCUT2D eigenvalue weighted by Crippen LogP contribution is 2.34. The van der Waals surface area contributed by atoms with Crippen molar-refractivity contribution in [2.24, 2.45) is 0 Å². The number of pyridine rings is 1. The van der Waals surface area contributed by atoms with Gasteiger partial charge in [-0.1, -0.05) is 0 Å². The predicted octanol–water partition coefficient (Wildman–Crippen LogP) is 4.93. The lowest BCUT2D eigenvalue weighted by Crippen LogP contribution is -2.01. The van der Waals surface area contributed by atoms with Crippen LogP contribution in [0.25, 0.3) is 0 Å². The van der Waals surface area contributed by atoms with Crippen LogP contribution < -0.4 is 10.1 Å². The van der Waals surface area contributed by atoms with Gasteiger partial charge >= 0.3 is 0 Å². The molecule has 0 saturated carbocycles. The van der Waals surface area contributed by atoms with Gasteiger partial charge in [-0.25, -0.2) is 0 Å². The molecule has 1 N–H and O–H groups in total. The van der Waals surface area contributed by atoms with Crippen molar-refractivity contribution in [2.75, 3.05) is 11.9 Å². The molecule has 3 nitrogen and oxygen atoms in total. The van der Waals surface area contributed by atoms with E-state index in [1.807, 2.05) is 26.2 Å². The smallest absolute Gasteiger partial charge is 0.147 e. The Morgan fingerprint density at radius 1 is 1.15 bits per heavy atom. The van der Waals surface area contributed by atoms with Crippen molar-refractivity contribution in [3.63, 3.8) is 0 Å². The SMILES string of the molecule is CCOc1c(Br)cc(CNc2cncc(C)c2)cc1Br. The number of ether oxygens (including phenoxy) is 1. The van der Waals surface area contributed by atoms with Gasteiger partial charge in [0.2, 0.25) is 0 Å². The summed E-state index contributed by atoms with van der Waals surface area (Å²) in [5, 5.41) is 3.36. The molecule has 2 rings (SSSR count). The first-order valence-electron chi connectivity index (χ1n) is 6.36. The fourth-order valence-corrected chi connectivity index (χ4v) is 3.36. The highest BCUT2D eigenvalue weighted by Gasteiger charge is 2.08. The molecule has 1 heterocycles. The average molecular weight is 400 g/mol. The number of anilines is 1. The van der Waals surface area contributed by atoms with Gasteiger partial charge in [0.05, 0.1) is 21.2 Å². The largest absolute Gasteiger partial charge is 0.492 e. The summed E-state index contributed by atoms with van der Waals surface area (Å²) in [4.78, 5) is 4.17. The average Bonchev–Trinajstić information content (AvgIpc) is 2.41. The molecule has 1 aromatic carbocycles. The third kappa shape index (κ3) is 3.96. The predicted molar refractivity (Wildman–Crippen MR) is 89.3 cm³/mol. The van der Waals surface area contributed by atoms with Crippen LogP contribution in [0, 0.1) is 6.92 Å². The van der Waals surface area contributed by atoms with E-state index in [4.69, 9.17) is 4.74 Å². The maximum absolute atomic E-state index is 5.58. The summed E-state index contributed by atoms with van der Waals surface area (Å²) >= 11 is 7.08. The molecular weight excluding hydrogens is 384 g/mol. The third-order valence-corrected chi connectivity index (χ3v) is 3.90. The molecule has 0 saturated heterocycles. The Balaban J connectivity index is 2.10. The lowest BCUT2D eigenvalue weighted by molar-refractivity contribution is 0.336. The number of aryl methyl sites for hydroxylation is 1. The molecule has 0 spiro atoms. The summed E-state index contributed by atoms with van der Waals surface area (Å²) in [5.74, 6) is 0.841. The van der Waals surface area contributed by atoms with Crippen LogP contribution in [0.3, 0.4) is 0 Å². The Kier molecular flexibility index (Phi) is 5.43. The molecule has 0 radical (unpaired) electrons. The lowest BCUT2D eigenvalue weighted by Gasteiger charge is -2.12. The van der Waals surface area contributed by atoms with Crippen LogP contribution in [-0.2, 0) is 6.54 Å². The van der Waals surface area contributed by atoms with Gasteiger partial charge in [0.25, 0.3) is 0 Å². The summed E-state index contributed by atoms with van der Waals surface area (Å²) in [6.45, 7) is 5.37. The van der Waals surface area contributed by atoms with Crippen molar-refractivity contribution in [3.05, 3.63) is 50.7 Å². The van der Waals surface area contributed by atoms with Gasteiger partial charge in [0.15, 0.2) is 0 Å². The highest BCUT2D eigenvalue weighted by molar-refractivity contribution is 9.11. The quantitative estimate of drug-likeness (QED) is 0.774. The fraction of sp³-hybridized carbons (Fsp3) is 0.267. The number of hydrogen-bond acceptors (Lipinski definition) is 3. The van der Waals surface area contributed by atoms with Crippen LogP contribution in [0.2, 0.25) is 0 Å². The molecule has 0 aliphatic rings. The molecule has 2 aromatic rings. The minimum Gasteiger partial charge on any atom is -0.492 e. The topological polar surface area (TPSA) is 34.1 Å². The van der Waals surface area contributed by atoms with E-state index in [1.54, 1.807) is 0 Å². The maximum Gasteiger partial charge on any atom is 0.147 e. The van der Waals surface area contributed by atoms with Crippen LogP contribution in [0.1, 0.15) is 18.1 Å². The van der Waals surface area contributed by atoms with E-state index in [9.17, 15) is 0 Å². The highest BCUT2D eigenvalue weighted by atomic mass is 79.9. The molecule has 5 heteroatoms. The first kappa shape index (κ1) is 15.3. The van der Waals surface area contributed by atoms with E-state index < -0.39 is 0 Å². The van der Waals surface area contributed by atoms with Crippen molar-refractivity contribution in [1.82, 2.24) is 4.98 Å². The second-order valence-corrected chi connectivity index (χ2v) is 6.13. The normalized spacial score (nSPS) is 10.4. The number of benzene rings is 1. The van der Waals surface area contributed by atoms with Crippen molar-refractivity contribution in [2.45, 2.75) is 20.4 Å². The molecule has 1 aromatic heterocycles. The molecule has 20 heavy (non-hydrogen) atoms. The van der Waals surface area contributed by atoms with Crippen molar-refractivity contribution < 1.29 is 4.74 Å². The van der Waals surface area contributed by atoms with E-state index in [1.165, 1.54) is 0 Å². The standard InChI is InChI=1S/C15H16Br2N2O/c1-3-20-15-13(16)5-11(6-14(15)17)8-19-12-4-10(2)7-18-9-12/h4-7,9,19H,3,8H2,1-2H3. The molecule has 0 unspecified atom stereocenters. The van der Waals surface area contributed by atoms with E-state index in [-0.39, 0.29) is 0 Å². The summed E-state index contributed by atoms with van der Waals surface area (Å²) < 4.78 is 7.48. The number of hydrogen-bond donors (Lipinski definition) is 1. The molecule has 106 valence electrons. The third-order valence-electron chi connectivity index (χ3n) is 2.72. The number of aromatic nitrogens is 1. The van der Waals surface area contributed by atoms with Crippen LogP contribution in [0.5, 0.6) is 5.75 Å². The monoisotopic (exact) mass is 398 g/mol. The maximum atomic E-state index is 5.58. The molecule has 0 amide bonds. The summed E-state index contributed by atoms with van der Waals surface area (Å²) in [6, 6.07) is 6.20. The zero-order chi connectivity index (χ0) is 14.5. The Hall–Kier alpha value is -1.07. The second kappa shape index (κ2) is 7.09. The van der Waals surface area contributed by atoms with Crippen molar-refractivity contribution in [3.8, 4) is 5.75 Å². The van der Waals surface area contributed by atoms with Crippen molar-refractivity contribution in [1.29, 1.82) is 0 Å². The van der Waals surface area contributed by atoms with Gasteiger partial charge in [-0.2, -0.15) is 0 Å². The zero-order valence-corrected chi connectivity index (χ0v) is 14.6. The van der Waals surface area contributed by atoms with Gasteiger partial charge in [-0.15, -0.1) is 0 Å². The van der Waals surface area contributed by atoms with E-state index >= 15 is 0 Å². The Morgan fingerprint density at radius 2 is 1.85 bits per heavy atom. The molecule has 0 fully saturated rings. The molecule has 0 atom stereocenters. The van der Waals surface area contributed by atoms with Gasteiger partial charge in [-0.3, -0.25) is 4.98 Å². The Bertz CT molecular complexity index is 579. The first-order chi connectivity index (χ1) is 9.60. The van der Waals surface area contributed by atoms with Gasteiger partial charge in [0, 0.05) is 18.9 Å². The summed E-state index contributed by atoms with van der Waals surface area (Å²) in [7, 11) is 0. The minimum atomic E-state index is 0.643. The lowest BCUT2D eigenvalue weighted by atomic mass is 10.2. The number of nitrogens with one attached hydrogen (secondary N) is 1. The van der Waals surface area contributed by atoms with E-state index in [0.29, 0.717) is 6.61 Å². The van der Waals surface area contributed by atoms with Crippen LogP contribution in [-0.4, -0.2) is 11.6 Å². The van der Waals surface area contributed by atoms with E-state index in [2.05, 4.69) is 60.4 Å². The fourth-order valence-electron chi connectivity index (χ4n) is 1.85. The molecule has 0 aliphatic heterocycles. The Morgan fingerprint density at radius 3 is 2.45 bits per heavy atom. The van der Waals surface area contributed by atoms with Gasteiger partial charge in [-0.05, 0) is 75.0 Å². The van der Waals surface area contributed by atoms with E-state index in [0.717, 1.165) is 38.1 Å². The van der Waals surface area contributed by atoms with Crippen LogP contribution in [0.15, 0.2) is 39.5 Å². The van der Waals surface area contributed by atoms with Gasteiger partial charge < -0.3 is 10.1 Å². The van der Waals surface area contributed by atoms with Crippen LogP contribution in [0.4, 0.5) is 5.69 Å². The molecule has 0 bridgehead atoms. The van der Waals surface area contributed by atoms with Crippen molar-refractivity contribution >= 4 is 37.5 Å². The zero-order valence-electron chi connectivity index (χ0n) is 11.4. The summed E-state index contributed by atoms with van der Waals surface area (Å²) in [6.07, 6.45) is 3.67. The molecule has 0 aliphatic carbocycles. The Labute approximate surface area is 136 Å². The van der Waals surface area contributed by atoms with Gasteiger partial charge in [0.1, 0.15) is 5.75 Å².